The summed E-state index contributed by atoms with van der Waals surface area (Å²) in [5, 5.41) is 8.72. The van der Waals surface area contributed by atoms with Crippen molar-refractivity contribution < 1.29 is 28.8 Å². The third kappa shape index (κ3) is 4.46. The van der Waals surface area contributed by atoms with Gasteiger partial charge in [-0.3, -0.25) is 4.57 Å². The Balaban J connectivity index is 2.72. The van der Waals surface area contributed by atoms with E-state index in [4.69, 9.17) is 19.3 Å². The van der Waals surface area contributed by atoms with Crippen molar-refractivity contribution in [3.05, 3.63) is 11.9 Å². The van der Waals surface area contributed by atoms with E-state index in [2.05, 4.69) is 0 Å². The van der Waals surface area contributed by atoms with E-state index in [0.29, 0.717) is 6.61 Å². The Morgan fingerprint density at radius 1 is 1.56 bits per heavy atom. The van der Waals surface area contributed by atoms with Crippen LogP contribution < -0.4 is 0 Å². The van der Waals surface area contributed by atoms with Gasteiger partial charge in [-0.1, -0.05) is 0 Å². The largest absolute Gasteiger partial charge is 0.386 e. The Hall–Kier alpha value is -0.230. The zero-order chi connectivity index (χ0) is 13.8. The maximum atomic E-state index is 11.3. The van der Waals surface area contributed by atoms with Gasteiger partial charge in [-0.25, -0.2) is 0 Å². The first kappa shape index (κ1) is 15.8. The van der Waals surface area contributed by atoms with Gasteiger partial charge in [0, 0.05) is 12.9 Å². The summed E-state index contributed by atoms with van der Waals surface area (Å²) in [4.78, 5) is 9.27. The summed E-state index contributed by atoms with van der Waals surface area (Å²) in [5.41, 5.74) is 0. The molecule has 0 aromatic heterocycles. The molecule has 7 heteroatoms. The molecule has 1 unspecified atom stereocenters. The van der Waals surface area contributed by atoms with Crippen LogP contribution in [-0.4, -0.2) is 54.5 Å². The van der Waals surface area contributed by atoms with E-state index < -0.39 is 19.8 Å². The minimum atomic E-state index is -3.62. The van der Waals surface area contributed by atoms with Gasteiger partial charge in [0.15, 0.2) is 0 Å². The Bertz CT molecular complexity index is 329. The lowest BCUT2D eigenvalue weighted by Gasteiger charge is -2.23. The summed E-state index contributed by atoms with van der Waals surface area (Å²) in [6, 6.07) is 0. The summed E-state index contributed by atoms with van der Waals surface area (Å²) in [7, 11) is -2.05. The molecule has 1 heterocycles. The third-order valence-electron chi connectivity index (χ3n) is 2.59. The highest BCUT2D eigenvalue weighted by Gasteiger charge is 2.37. The highest BCUT2D eigenvalue weighted by atomic mass is 31.2. The van der Waals surface area contributed by atoms with E-state index in [9.17, 15) is 9.46 Å². The summed E-state index contributed by atoms with van der Waals surface area (Å²) < 4.78 is 27.7. The first-order valence-electron chi connectivity index (χ1n) is 5.81. The number of hydrogen-bond acceptors (Lipinski definition) is 5. The monoisotopic (exact) mass is 280 g/mol. The maximum Gasteiger partial charge on any atom is 0.246 e. The fourth-order valence-electron chi connectivity index (χ4n) is 1.72. The minimum absolute atomic E-state index is 0.00372. The van der Waals surface area contributed by atoms with Crippen molar-refractivity contribution >= 4 is 7.37 Å². The van der Waals surface area contributed by atoms with Crippen molar-refractivity contribution in [2.24, 2.45) is 0 Å². The standard InChI is InChI=1S/C11H21O6P/c1-8(2)17-11-9(16-6-10(11)15-3)4-5-18(13,14)7-12/h4-5,8-12H,6-7H2,1-3H3,(H,13,14)/b5-4+/t9-,10+,11-/m1/s1. The zero-order valence-corrected chi connectivity index (χ0v) is 11.7. The molecule has 1 aliphatic rings. The van der Waals surface area contributed by atoms with Gasteiger partial charge in [-0.15, -0.1) is 0 Å². The lowest BCUT2D eigenvalue weighted by molar-refractivity contribution is -0.0659. The lowest BCUT2D eigenvalue weighted by Crippen LogP contribution is -2.35. The molecule has 1 fully saturated rings. The molecule has 0 bridgehead atoms. The molecule has 0 radical (unpaired) electrons. The Kier molecular flexibility index (Phi) is 5.98. The Morgan fingerprint density at radius 2 is 2.22 bits per heavy atom. The van der Waals surface area contributed by atoms with Crippen LogP contribution in [0.25, 0.3) is 0 Å². The highest BCUT2D eigenvalue weighted by Crippen LogP contribution is 2.41. The van der Waals surface area contributed by atoms with E-state index in [1.807, 2.05) is 13.8 Å². The molecule has 0 amide bonds. The van der Waals surface area contributed by atoms with Gasteiger partial charge < -0.3 is 24.2 Å². The van der Waals surface area contributed by atoms with Gasteiger partial charge in [-0.05, 0) is 19.9 Å². The summed E-state index contributed by atoms with van der Waals surface area (Å²) in [6.45, 7) is 4.17. The molecule has 18 heavy (non-hydrogen) atoms. The number of aliphatic hydroxyl groups excluding tert-OH is 1. The van der Waals surface area contributed by atoms with Crippen molar-refractivity contribution in [1.82, 2.24) is 0 Å². The second-order valence-corrected chi connectivity index (χ2v) is 6.55. The molecule has 106 valence electrons. The van der Waals surface area contributed by atoms with E-state index in [0.717, 1.165) is 5.82 Å². The predicted molar refractivity (Wildman–Crippen MR) is 66.6 cm³/mol. The first-order chi connectivity index (χ1) is 8.39. The number of methoxy groups -OCH3 is 1. The van der Waals surface area contributed by atoms with Crippen LogP contribution in [-0.2, 0) is 18.8 Å². The van der Waals surface area contributed by atoms with Crippen LogP contribution in [0.4, 0.5) is 0 Å². The van der Waals surface area contributed by atoms with Gasteiger partial charge in [0.25, 0.3) is 0 Å². The molecule has 2 N–H and O–H groups in total. The van der Waals surface area contributed by atoms with Crippen molar-refractivity contribution in [2.45, 2.75) is 38.3 Å². The van der Waals surface area contributed by atoms with Crippen molar-refractivity contribution in [1.29, 1.82) is 0 Å². The smallest absolute Gasteiger partial charge is 0.246 e. The molecule has 0 saturated carbocycles. The molecule has 1 rings (SSSR count). The summed E-state index contributed by atoms with van der Waals surface area (Å²) in [6.07, 6.45) is -0.268. The average Bonchev–Trinajstić information content (AvgIpc) is 2.68. The van der Waals surface area contributed by atoms with Crippen molar-refractivity contribution in [2.75, 3.05) is 20.1 Å². The van der Waals surface area contributed by atoms with Crippen molar-refractivity contribution in [3.8, 4) is 0 Å². The van der Waals surface area contributed by atoms with Crippen LogP contribution in [0.1, 0.15) is 13.8 Å². The maximum absolute atomic E-state index is 11.3. The zero-order valence-electron chi connectivity index (χ0n) is 10.9. The second-order valence-electron chi connectivity index (χ2n) is 4.46. The lowest BCUT2D eigenvalue weighted by atomic mass is 10.1. The molecule has 0 aromatic carbocycles. The van der Waals surface area contributed by atoms with Gasteiger partial charge >= 0.3 is 0 Å². The topological polar surface area (TPSA) is 85.2 Å². The molecule has 4 atom stereocenters. The van der Waals surface area contributed by atoms with Crippen LogP contribution in [0.2, 0.25) is 0 Å². The Morgan fingerprint density at radius 3 is 2.72 bits per heavy atom. The fraction of sp³-hybridized carbons (Fsp3) is 0.818. The van der Waals surface area contributed by atoms with Crippen LogP contribution in [0.15, 0.2) is 11.9 Å². The molecule has 6 nitrogen and oxygen atoms in total. The second kappa shape index (κ2) is 6.80. The van der Waals surface area contributed by atoms with Gasteiger partial charge in [0.05, 0.1) is 12.7 Å². The molecule has 0 spiro atoms. The van der Waals surface area contributed by atoms with E-state index in [-0.39, 0.29) is 18.3 Å². The molecule has 1 aliphatic heterocycles. The van der Waals surface area contributed by atoms with Crippen molar-refractivity contribution in [3.63, 3.8) is 0 Å². The average molecular weight is 280 g/mol. The van der Waals surface area contributed by atoms with Crippen LogP contribution in [0.5, 0.6) is 0 Å². The highest BCUT2D eigenvalue weighted by molar-refractivity contribution is 7.61. The van der Waals surface area contributed by atoms with Crippen LogP contribution in [0.3, 0.4) is 0 Å². The Labute approximate surface area is 107 Å². The van der Waals surface area contributed by atoms with E-state index in [1.54, 1.807) is 7.11 Å². The van der Waals surface area contributed by atoms with E-state index in [1.165, 1.54) is 6.08 Å². The van der Waals surface area contributed by atoms with Crippen LogP contribution >= 0.6 is 7.37 Å². The number of ether oxygens (including phenoxy) is 3. The minimum Gasteiger partial charge on any atom is -0.386 e. The normalized spacial score (nSPS) is 32.2. The van der Waals surface area contributed by atoms with Gasteiger partial charge in [0.1, 0.15) is 24.7 Å². The van der Waals surface area contributed by atoms with E-state index >= 15 is 0 Å². The molecular formula is C11H21O6P. The van der Waals surface area contributed by atoms with Gasteiger partial charge in [-0.2, -0.15) is 0 Å². The third-order valence-corrected chi connectivity index (χ3v) is 3.63. The molecule has 0 aliphatic carbocycles. The molecule has 0 aromatic rings. The number of hydrogen-bond donors (Lipinski definition) is 2. The first-order valence-corrected chi connectivity index (χ1v) is 7.72. The predicted octanol–water partition coefficient (Wildman–Crippen LogP) is 0.928. The molecule has 1 saturated heterocycles. The van der Waals surface area contributed by atoms with Gasteiger partial charge in [0.2, 0.25) is 7.37 Å². The summed E-state index contributed by atoms with van der Waals surface area (Å²) in [5.74, 6) is 1.09. The quantitative estimate of drug-likeness (QED) is 0.704. The molecular weight excluding hydrogens is 259 g/mol. The van der Waals surface area contributed by atoms with Crippen LogP contribution in [0, 0.1) is 0 Å². The fourth-order valence-corrected chi connectivity index (χ4v) is 2.25. The number of rotatable bonds is 6. The summed E-state index contributed by atoms with van der Waals surface area (Å²) >= 11 is 0. The number of aliphatic hydroxyl groups is 1. The SMILES string of the molecule is CO[C@H]1CO[C@H](/C=C/P(=O)(O)CO)[C@H]1OC(C)C.